The van der Waals surface area contributed by atoms with Crippen LogP contribution in [-0.2, 0) is 4.74 Å². The number of benzene rings is 1. The summed E-state index contributed by atoms with van der Waals surface area (Å²) < 4.78 is 10.3. The molecule has 0 bridgehead atoms. The first-order valence-electron chi connectivity index (χ1n) is 7.72. The maximum absolute atomic E-state index is 11.6. The van der Waals surface area contributed by atoms with Crippen LogP contribution in [0.5, 0.6) is 0 Å². The highest BCUT2D eigenvalue weighted by Crippen LogP contribution is 2.26. The van der Waals surface area contributed by atoms with Gasteiger partial charge in [0.25, 0.3) is 0 Å². The van der Waals surface area contributed by atoms with Gasteiger partial charge in [-0.15, -0.1) is 0 Å². The molecule has 2 aromatic rings. The van der Waals surface area contributed by atoms with Crippen LogP contribution in [0.3, 0.4) is 0 Å². The molecular weight excluding hydrogens is 330 g/mol. The minimum absolute atomic E-state index is 0.307. The Labute approximate surface area is 142 Å². The van der Waals surface area contributed by atoms with E-state index < -0.39 is 42.9 Å². The summed E-state index contributed by atoms with van der Waals surface area (Å²) >= 11 is 0. The van der Waals surface area contributed by atoms with Crippen molar-refractivity contribution in [1.29, 1.82) is 0 Å². The third-order valence-corrected chi connectivity index (χ3v) is 4.23. The van der Waals surface area contributed by atoms with E-state index in [2.05, 4.69) is 11.9 Å². The quantitative estimate of drug-likeness (QED) is 0.473. The van der Waals surface area contributed by atoms with Gasteiger partial charge in [-0.05, 0) is 17.7 Å². The lowest BCUT2D eigenvalue weighted by Crippen LogP contribution is -2.61. The first-order chi connectivity index (χ1) is 11.9. The van der Waals surface area contributed by atoms with E-state index in [0.717, 1.165) is 0 Å². The molecule has 1 aliphatic rings. The van der Waals surface area contributed by atoms with Crippen LogP contribution in [-0.4, -0.2) is 57.7 Å². The highest BCUT2D eigenvalue weighted by molar-refractivity contribution is 5.88. The van der Waals surface area contributed by atoms with E-state index in [-0.39, 0.29) is 0 Å². The van der Waals surface area contributed by atoms with Crippen molar-refractivity contribution in [3.05, 3.63) is 46.8 Å². The zero-order valence-electron chi connectivity index (χ0n) is 13.2. The smallest absolute Gasteiger partial charge is 0.336 e. The number of fused-ring (bicyclic) bond motifs is 1. The lowest BCUT2D eigenvalue weighted by Gasteiger charge is -2.40. The monoisotopic (exact) mass is 349 g/mol. The summed E-state index contributed by atoms with van der Waals surface area (Å²) in [4.78, 5) is 11.6. The third kappa shape index (κ3) is 3.30. The van der Waals surface area contributed by atoms with E-state index in [4.69, 9.17) is 14.3 Å². The van der Waals surface area contributed by atoms with Crippen LogP contribution in [0.2, 0.25) is 0 Å². The minimum Gasteiger partial charge on any atom is -0.423 e. The molecule has 0 saturated carbocycles. The second-order valence-electron chi connectivity index (χ2n) is 5.83. The van der Waals surface area contributed by atoms with Gasteiger partial charge in [0, 0.05) is 23.2 Å². The second-order valence-corrected chi connectivity index (χ2v) is 5.83. The van der Waals surface area contributed by atoms with Crippen molar-refractivity contribution < 1.29 is 29.6 Å². The molecule has 1 aromatic heterocycles. The van der Waals surface area contributed by atoms with E-state index in [1.807, 2.05) is 0 Å². The van der Waals surface area contributed by atoms with E-state index in [9.17, 15) is 20.1 Å². The Kier molecular flexibility index (Phi) is 4.89. The van der Waals surface area contributed by atoms with Gasteiger partial charge in [-0.3, -0.25) is 0 Å². The van der Waals surface area contributed by atoms with Gasteiger partial charge in [0.05, 0.1) is 6.61 Å². The predicted octanol–water partition coefficient (Wildman–Crippen LogP) is -0.352. The lowest BCUT2D eigenvalue weighted by atomic mass is 9.96. The number of hydrogen-bond acceptors (Lipinski definition) is 8. The molecule has 5 atom stereocenters. The molecule has 134 valence electrons. The van der Waals surface area contributed by atoms with Crippen molar-refractivity contribution in [2.24, 2.45) is 0 Å². The van der Waals surface area contributed by atoms with Crippen LogP contribution >= 0.6 is 0 Å². The largest absolute Gasteiger partial charge is 0.423 e. The van der Waals surface area contributed by atoms with E-state index in [1.54, 1.807) is 18.2 Å². The van der Waals surface area contributed by atoms with Crippen molar-refractivity contribution in [3.8, 4) is 0 Å². The zero-order chi connectivity index (χ0) is 18.1. The average Bonchev–Trinajstić information content (AvgIpc) is 2.60. The first kappa shape index (κ1) is 17.6. The topological polar surface area (TPSA) is 132 Å². The summed E-state index contributed by atoms with van der Waals surface area (Å²) in [7, 11) is 0. The fraction of sp³-hybridized carbons (Fsp3) is 0.353. The number of ether oxygens (including phenoxy) is 1. The van der Waals surface area contributed by atoms with Gasteiger partial charge in [0.15, 0.2) is 6.29 Å². The molecule has 0 spiro atoms. The number of anilines is 1. The first-order valence-corrected chi connectivity index (χ1v) is 7.72. The van der Waals surface area contributed by atoms with Gasteiger partial charge in [-0.2, -0.15) is 0 Å². The third-order valence-electron chi connectivity index (χ3n) is 4.23. The van der Waals surface area contributed by atoms with Crippen LogP contribution in [0.1, 0.15) is 5.56 Å². The summed E-state index contributed by atoms with van der Waals surface area (Å²) in [5.41, 5.74) is 0.849. The maximum atomic E-state index is 11.6. The number of aliphatic hydroxyl groups excluding tert-OH is 4. The van der Waals surface area contributed by atoms with Crippen molar-refractivity contribution >= 4 is 22.7 Å². The molecule has 8 nitrogen and oxygen atoms in total. The molecule has 3 unspecified atom stereocenters. The maximum Gasteiger partial charge on any atom is 0.336 e. The lowest BCUT2D eigenvalue weighted by molar-refractivity contribution is -0.245. The van der Waals surface area contributed by atoms with Gasteiger partial charge in [-0.1, -0.05) is 12.7 Å². The van der Waals surface area contributed by atoms with Crippen molar-refractivity contribution in [1.82, 2.24) is 0 Å². The van der Waals surface area contributed by atoms with E-state index in [1.165, 1.54) is 12.1 Å². The summed E-state index contributed by atoms with van der Waals surface area (Å²) in [6.45, 7) is 3.12. The zero-order valence-corrected chi connectivity index (χ0v) is 13.2. The number of hydrogen-bond donors (Lipinski definition) is 5. The molecule has 5 N–H and O–H groups in total. The number of rotatable bonds is 4. The van der Waals surface area contributed by atoms with Gasteiger partial charge in [-0.25, -0.2) is 4.79 Å². The second kappa shape index (κ2) is 6.95. The average molecular weight is 349 g/mol. The molecule has 2 heterocycles. The Bertz CT molecular complexity index is 833. The summed E-state index contributed by atoms with van der Waals surface area (Å²) in [5, 5.41) is 42.7. The Balaban J connectivity index is 1.90. The van der Waals surface area contributed by atoms with E-state index in [0.29, 0.717) is 22.2 Å². The van der Waals surface area contributed by atoms with Crippen LogP contribution in [0.25, 0.3) is 17.0 Å². The standard InChI is InChI=1S/C17H19NO7/c1-2-8-5-13(20)24-11-6-9(3-4-10(8)11)18-14-16(22)15(21)12(7-19)25-17(14)23/h2-6,12,14-19,21-23H,1,7H2/t12?,14?,15-,16-,17?/m0/s1. The van der Waals surface area contributed by atoms with Gasteiger partial charge in [0.1, 0.15) is 29.9 Å². The molecular formula is C17H19NO7. The molecule has 1 aromatic carbocycles. The fourth-order valence-electron chi connectivity index (χ4n) is 2.89. The highest BCUT2D eigenvalue weighted by atomic mass is 16.6. The van der Waals surface area contributed by atoms with Crippen LogP contribution < -0.4 is 10.9 Å². The van der Waals surface area contributed by atoms with Gasteiger partial charge < -0.3 is 34.9 Å². The Morgan fingerprint density at radius 1 is 1.20 bits per heavy atom. The minimum atomic E-state index is -1.45. The van der Waals surface area contributed by atoms with Gasteiger partial charge in [0.2, 0.25) is 0 Å². The molecule has 25 heavy (non-hydrogen) atoms. The SMILES string of the molecule is C=Cc1cc(=O)oc2cc(NC3C(O)OC(CO)[C@H](O)[C@H]3O)ccc12. The molecule has 0 aliphatic carbocycles. The molecule has 0 amide bonds. The van der Waals surface area contributed by atoms with Crippen molar-refractivity contribution in [2.75, 3.05) is 11.9 Å². The normalized spacial score (nSPS) is 29.5. The highest BCUT2D eigenvalue weighted by Gasteiger charge is 2.43. The molecule has 0 radical (unpaired) electrons. The van der Waals surface area contributed by atoms with Crippen molar-refractivity contribution in [3.63, 3.8) is 0 Å². The molecule has 8 heteroatoms. The number of nitrogens with one attached hydrogen (secondary N) is 1. The predicted molar refractivity (Wildman–Crippen MR) is 90.0 cm³/mol. The summed E-state index contributed by atoms with van der Waals surface area (Å²) in [5.74, 6) is 0. The molecule has 1 saturated heterocycles. The fourth-order valence-corrected chi connectivity index (χ4v) is 2.89. The molecule has 3 rings (SSSR count). The Hall–Kier alpha value is -2.23. The molecule has 1 fully saturated rings. The summed E-state index contributed by atoms with van der Waals surface area (Å²) in [6.07, 6.45) is -3.72. The van der Waals surface area contributed by atoms with Crippen LogP contribution in [0, 0.1) is 0 Å². The number of aliphatic hydroxyl groups is 4. The van der Waals surface area contributed by atoms with Gasteiger partial charge >= 0.3 is 5.63 Å². The van der Waals surface area contributed by atoms with Crippen LogP contribution in [0.4, 0.5) is 5.69 Å². The Morgan fingerprint density at radius 3 is 2.64 bits per heavy atom. The van der Waals surface area contributed by atoms with E-state index >= 15 is 0 Å². The summed E-state index contributed by atoms with van der Waals surface area (Å²) in [6, 6.07) is 5.19. The Morgan fingerprint density at radius 2 is 1.96 bits per heavy atom. The van der Waals surface area contributed by atoms with Crippen molar-refractivity contribution in [2.45, 2.75) is 30.6 Å². The van der Waals surface area contributed by atoms with Crippen LogP contribution in [0.15, 0.2) is 40.1 Å². The molecule has 1 aliphatic heterocycles.